The van der Waals surface area contributed by atoms with Crippen molar-refractivity contribution in [1.29, 1.82) is 0 Å². The van der Waals surface area contributed by atoms with Gasteiger partial charge in [0, 0.05) is 24.2 Å². The summed E-state index contributed by atoms with van der Waals surface area (Å²) in [5, 5.41) is 4.63. The highest BCUT2D eigenvalue weighted by molar-refractivity contribution is 5.79. The highest BCUT2D eigenvalue weighted by Gasteiger charge is 2.10. The lowest BCUT2D eigenvalue weighted by molar-refractivity contribution is 0.185. The predicted octanol–water partition coefficient (Wildman–Crippen LogP) is 4.03. The van der Waals surface area contributed by atoms with Crippen LogP contribution in [-0.4, -0.2) is 24.2 Å². The van der Waals surface area contributed by atoms with E-state index >= 15 is 0 Å². The lowest BCUT2D eigenvalue weighted by Crippen LogP contribution is -2.33. The molecule has 0 fully saturated rings. The number of nitrogens with one attached hydrogen (secondary N) is 1. The van der Waals surface area contributed by atoms with Gasteiger partial charge in [-0.1, -0.05) is 33.3 Å². The van der Waals surface area contributed by atoms with Crippen molar-refractivity contribution >= 4 is 10.9 Å². The van der Waals surface area contributed by atoms with Crippen molar-refractivity contribution in [2.45, 2.75) is 39.7 Å². The van der Waals surface area contributed by atoms with Crippen LogP contribution in [0.2, 0.25) is 0 Å². The van der Waals surface area contributed by atoms with Crippen LogP contribution in [0.1, 0.15) is 33.6 Å². The van der Waals surface area contributed by atoms with E-state index in [1.165, 1.54) is 0 Å². The lowest BCUT2D eigenvalue weighted by Gasteiger charge is -2.20. The molecule has 0 saturated carbocycles. The molecule has 0 bridgehead atoms. The quantitative estimate of drug-likeness (QED) is 0.795. The molecule has 2 rings (SSSR count). The van der Waals surface area contributed by atoms with Crippen LogP contribution < -0.4 is 10.1 Å². The standard InChI is InChI=1S/C18H26N2O/c1-4-6-17(13-19-12-14(2)3)21-16-9-8-15-7-5-10-20-18(15)11-16/h5,7-11,14,17,19H,4,6,12-13H2,1-3H3. The molecule has 1 heterocycles. The minimum Gasteiger partial charge on any atom is -0.489 e. The number of hydrogen-bond donors (Lipinski definition) is 1. The highest BCUT2D eigenvalue weighted by atomic mass is 16.5. The summed E-state index contributed by atoms with van der Waals surface area (Å²) in [6, 6.07) is 10.2. The maximum absolute atomic E-state index is 6.14. The molecule has 2 aromatic rings. The lowest BCUT2D eigenvalue weighted by atomic mass is 10.1. The molecule has 0 saturated heterocycles. The van der Waals surface area contributed by atoms with Gasteiger partial charge >= 0.3 is 0 Å². The van der Waals surface area contributed by atoms with Crippen molar-refractivity contribution in [2.75, 3.05) is 13.1 Å². The molecular weight excluding hydrogens is 260 g/mol. The fourth-order valence-electron chi connectivity index (χ4n) is 2.37. The number of fused-ring (bicyclic) bond motifs is 1. The molecule has 0 spiro atoms. The van der Waals surface area contributed by atoms with Crippen LogP contribution >= 0.6 is 0 Å². The number of nitrogens with zero attached hydrogens (tertiary/aromatic N) is 1. The Kier molecular flexibility index (Phi) is 6.00. The third-order valence-electron chi connectivity index (χ3n) is 3.42. The van der Waals surface area contributed by atoms with Gasteiger partial charge in [-0.2, -0.15) is 0 Å². The molecule has 3 heteroatoms. The van der Waals surface area contributed by atoms with Crippen molar-refractivity contribution in [1.82, 2.24) is 10.3 Å². The second-order valence-corrected chi connectivity index (χ2v) is 5.94. The monoisotopic (exact) mass is 286 g/mol. The van der Waals surface area contributed by atoms with E-state index in [1.807, 2.05) is 24.4 Å². The summed E-state index contributed by atoms with van der Waals surface area (Å²) in [7, 11) is 0. The summed E-state index contributed by atoms with van der Waals surface area (Å²) < 4.78 is 6.14. The zero-order valence-electron chi connectivity index (χ0n) is 13.3. The Bertz CT molecular complexity index is 554. The molecule has 1 atom stereocenters. The number of ether oxygens (including phenoxy) is 1. The van der Waals surface area contributed by atoms with E-state index in [9.17, 15) is 0 Å². The molecule has 21 heavy (non-hydrogen) atoms. The largest absolute Gasteiger partial charge is 0.489 e. The van der Waals surface area contributed by atoms with E-state index in [4.69, 9.17) is 4.74 Å². The second-order valence-electron chi connectivity index (χ2n) is 5.94. The summed E-state index contributed by atoms with van der Waals surface area (Å²) in [4.78, 5) is 4.38. The van der Waals surface area contributed by atoms with Crippen LogP contribution in [0, 0.1) is 5.92 Å². The molecule has 0 aliphatic heterocycles. The van der Waals surface area contributed by atoms with Crippen LogP contribution in [-0.2, 0) is 0 Å². The van der Waals surface area contributed by atoms with Crippen molar-refractivity contribution in [3.8, 4) is 5.75 Å². The molecule has 1 unspecified atom stereocenters. The maximum atomic E-state index is 6.14. The Morgan fingerprint density at radius 3 is 2.81 bits per heavy atom. The van der Waals surface area contributed by atoms with Crippen molar-refractivity contribution in [3.63, 3.8) is 0 Å². The molecule has 1 aromatic heterocycles. The number of pyridine rings is 1. The van der Waals surface area contributed by atoms with Gasteiger partial charge < -0.3 is 10.1 Å². The summed E-state index contributed by atoms with van der Waals surface area (Å²) >= 11 is 0. The van der Waals surface area contributed by atoms with E-state index in [0.29, 0.717) is 5.92 Å². The highest BCUT2D eigenvalue weighted by Crippen LogP contribution is 2.20. The number of hydrogen-bond acceptors (Lipinski definition) is 3. The van der Waals surface area contributed by atoms with E-state index in [-0.39, 0.29) is 6.10 Å². The topological polar surface area (TPSA) is 34.1 Å². The summed E-state index contributed by atoms with van der Waals surface area (Å²) in [6.07, 6.45) is 4.22. The first kappa shape index (κ1) is 15.8. The zero-order valence-corrected chi connectivity index (χ0v) is 13.3. The third-order valence-corrected chi connectivity index (χ3v) is 3.42. The fraction of sp³-hybridized carbons (Fsp3) is 0.500. The molecule has 0 amide bonds. The summed E-state index contributed by atoms with van der Waals surface area (Å²) in [5.74, 6) is 1.57. The van der Waals surface area contributed by atoms with Gasteiger partial charge in [-0.3, -0.25) is 4.98 Å². The SMILES string of the molecule is CCCC(CNCC(C)C)Oc1ccc2cccnc2c1. The number of benzene rings is 1. The molecule has 0 aliphatic carbocycles. The van der Waals surface area contributed by atoms with Gasteiger partial charge in [0.25, 0.3) is 0 Å². The normalized spacial score (nSPS) is 12.8. The average Bonchev–Trinajstić information content (AvgIpc) is 2.47. The van der Waals surface area contributed by atoms with Gasteiger partial charge in [0.05, 0.1) is 5.52 Å². The Morgan fingerprint density at radius 1 is 1.19 bits per heavy atom. The predicted molar refractivity (Wildman–Crippen MR) is 88.8 cm³/mol. The first-order valence-electron chi connectivity index (χ1n) is 7.91. The molecular formula is C18H26N2O. The van der Waals surface area contributed by atoms with Crippen molar-refractivity contribution < 1.29 is 4.74 Å². The van der Waals surface area contributed by atoms with Gasteiger partial charge in [-0.05, 0) is 37.1 Å². The van der Waals surface area contributed by atoms with E-state index in [2.05, 4.69) is 43.2 Å². The first-order valence-corrected chi connectivity index (χ1v) is 7.91. The number of aromatic nitrogens is 1. The average molecular weight is 286 g/mol. The second kappa shape index (κ2) is 7.99. The molecule has 1 aromatic carbocycles. The van der Waals surface area contributed by atoms with E-state index < -0.39 is 0 Å². The maximum Gasteiger partial charge on any atom is 0.121 e. The van der Waals surface area contributed by atoms with Crippen LogP contribution in [0.3, 0.4) is 0 Å². The Morgan fingerprint density at radius 2 is 2.05 bits per heavy atom. The number of rotatable bonds is 8. The minimum atomic E-state index is 0.218. The van der Waals surface area contributed by atoms with Gasteiger partial charge in [-0.15, -0.1) is 0 Å². The van der Waals surface area contributed by atoms with Crippen LogP contribution in [0.25, 0.3) is 10.9 Å². The van der Waals surface area contributed by atoms with Crippen molar-refractivity contribution in [3.05, 3.63) is 36.5 Å². The smallest absolute Gasteiger partial charge is 0.121 e. The zero-order chi connectivity index (χ0) is 15.1. The Balaban J connectivity index is 2.00. The van der Waals surface area contributed by atoms with Crippen molar-refractivity contribution in [2.24, 2.45) is 5.92 Å². The molecule has 0 radical (unpaired) electrons. The summed E-state index contributed by atoms with van der Waals surface area (Å²) in [5.41, 5.74) is 0.986. The van der Waals surface area contributed by atoms with Gasteiger partial charge in [0.15, 0.2) is 0 Å². The third kappa shape index (κ3) is 5.01. The molecule has 1 N–H and O–H groups in total. The van der Waals surface area contributed by atoms with E-state index in [1.54, 1.807) is 0 Å². The van der Waals surface area contributed by atoms with Gasteiger partial charge in [0.2, 0.25) is 0 Å². The fourth-order valence-corrected chi connectivity index (χ4v) is 2.37. The van der Waals surface area contributed by atoms with Crippen LogP contribution in [0.15, 0.2) is 36.5 Å². The van der Waals surface area contributed by atoms with Gasteiger partial charge in [-0.25, -0.2) is 0 Å². The Labute approximate surface area is 127 Å². The Hall–Kier alpha value is -1.61. The molecule has 3 nitrogen and oxygen atoms in total. The summed E-state index contributed by atoms with van der Waals surface area (Å²) in [6.45, 7) is 8.56. The van der Waals surface area contributed by atoms with Gasteiger partial charge in [0.1, 0.15) is 11.9 Å². The molecule has 114 valence electrons. The first-order chi connectivity index (χ1) is 10.2. The van der Waals surface area contributed by atoms with Crippen LogP contribution in [0.5, 0.6) is 5.75 Å². The van der Waals surface area contributed by atoms with Crippen LogP contribution in [0.4, 0.5) is 0 Å². The van der Waals surface area contributed by atoms with E-state index in [0.717, 1.165) is 42.6 Å². The molecule has 0 aliphatic rings. The minimum absolute atomic E-state index is 0.218.